The summed E-state index contributed by atoms with van der Waals surface area (Å²) in [4.78, 5) is 19.0. The number of fused-ring (bicyclic) bond motifs is 1. The van der Waals surface area contributed by atoms with Gasteiger partial charge in [-0.15, -0.1) is 0 Å². The number of amides is 1. The fraction of sp³-hybridized carbons (Fsp3) is 0.364. The lowest BCUT2D eigenvalue weighted by atomic mass is 10.1. The molecule has 0 fully saturated rings. The van der Waals surface area contributed by atoms with Crippen LogP contribution in [0.5, 0.6) is 0 Å². The van der Waals surface area contributed by atoms with E-state index in [0.29, 0.717) is 24.4 Å². The Bertz CT molecular complexity index is 1030. The number of aryl methyl sites for hydroxylation is 1. The highest BCUT2D eigenvalue weighted by Crippen LogP contribution is 2.22. The van der Waals surface area contributed by atoms with Crippen LogP contribution in [0, 0.1) is 23.4 Å². The third-order valence-electron chi connectivity index (χ3n) is 4.63. The van der Waals surface area contributed by atoms with E-state index in [4.69, 9.17) is 0 Å². The van der Waals surface area contributed by atoms with Gasteiger partial charge in [-0.3, -0.25) is 4.79 Å². The molecule has 29 heavy (non-hydrogen) atoms. The van der Waals surface area contributed by atoms with Gasteiger partial charge in [0, 0.05) is 18.7 Å². The van der Waals surface area contributed by atoms with Crippen molar-refractivity contribution in [3.05, 3.63) is 65.2 Å². The highest BCUT2D eigenvalue weighted by atomic mass is 19.2. The summed E-state index contributed by atoms with van der Waals surface area (Å²) in [6, 6.07) is 7.90. The minimum absolute atomic E-state index is 0.0638. The lowest BCUT2D eigenvalue weighted by Gasteiger charge is -2.25. The predicted octanol–water partition coefficient (Wildman–Crippen LogP) is 5.16. The molecule has 3 aromatic rings. The molecule has 154 valence electrons. The van der Waals surface area contributed by atoms with E-state index in [0.717, 1.165) is 18.6 Å². The van der Waals surface area contributed by atoms with Crippen LogP contribution < -0.4 is 0 Å². The van der Waals surface area contributed by atoms with Crippen LogP contribution in [0.1, 0.15) is 43.4 Å². The van der Waals surface area contributed by atoms with Crippen molar-refractivity contribution in [2.24, 2.45) is 5.92 Å². The fourth-order valence-electron chi connectivity index (χ4n) is 3.40. The van der Waals surface area contributed by atoms with Crippen LogP contribution in [-0.4, -0.2) is 26.9 Å². The Morgan fingerprint density at radius 1 is 1.10 bits per heavy atom. The van der Waals surface area contributed by atoms with Crippen molar-refractivity contribution in [2.45, 2.75) is 40.3 Å². The van der Waals surface area contributed by atoms with Crippen LogP contribution in [0.25, 0.3) is 11.0 Å². The zero-order valence-corrected chi connectivity index (χ0v) is 16.8. The molecule has 0 atom stereocenters. The Hall–Kier alpha value is -2.83. The van der Waals surface area contributed by atoms with E-state index in [1.807, 2.05) is 25.3 Å². The number of imidazole rings is 1. The number of rotatable bonds is 7. The molecule has 0 aliphatic rings. The molecule has 0 aliphatic heterocycles. The number of halogens is 3. The molecule has 1 amide bonds. The van der Waals surface area contributed by atoms with Gasteiger partial charge < -0.3 is 9.47 Å². The lowest BCUT2D eigenvalue weighted by molar-refractivity contribution is 0.0715. The minimum atomic E-state index is -1.07. The minimum Gasteiger partial charge on any atom is -0.331 e. The first-order valence-corrected chi connectivity index (χ1v) is 9.69. The number of hydrogen-bond acceptors (Lipinski definition) is 2. The molecule has 0 spiro atoms. The Morgan fingerprint density at radius 3 is 2.52 bits per heavy atom. The molecule has 0 aliphatic carbocycles. The van der Waals surface area contributed by atoms with Crippen LogP contribution in [0.15, 0.2) is 36.4 Å². The second-order valence-electron chi connectivity index (χ2n) is 7.50. The standard InChI is InChI=1S/C22H24F3N3O/c1-4-10-28-19-7-5-6-17(24)21(19)26-20(28)13-27(12-14(2)3)22(29)15-8-9-16(23)18(25)11-15/h5-9,11,14H,4,10,12-13H2,1-3H3. The SMILES string of the molecule is CCCn1c(CN(CC(C)C)C(=O)c2ccc(F)c(F)c2)nc2c(F)cccc21. The Labute approximate surface area is 168 Å². The van der Waals surface area contributed by atoms with Gasteiger partial charge in [0.15, 0.2) is 17.5 Å². The van der Waals surface area contributed by atoms with E-state index < -0.39 is 23.4 Å². The molecule has 4 nitrogen and oxygen atoms in total. The molecule has 2 aromatic carbocycles. The number of nitrogens with zero attached hydrogens (tertiary/aromatic N) is 3. The van der Waals surface area contributed by atoms with Crippen molar-refractivity contribution in [2.75, 3.05) is 6.54 Å². The molecule has 0 bridgehead atoms. The fourth-order valence-corrected chi connectivity index (χ4v) is 3.40. The van der Waals surface area contributed by atoms with E-state index in [1.165, 1.54) is 12.1 Å². The molecular formula is C22H24F3N3O. The third kappa shape index (κ3) is 4.44. The van der Waals surface area contributed by atoms with Crippen molar-refractivity contribution in [1.82, 2.24) is 14.5 Å². The van der Waals surface area contributed by atoms with Gasteiger partial charge in [-0.25, -0.2) is 18.2 Å². The average Bonchev–Trinajstić information content (AvgIpc) is 3.02. The van der Waals surface area contributed by atoms with Gasteiger partial charge in [0.25, 0.3) is 5.91 Å². The number of para-hydroxylation sites is 1. The monoisotopic (exact) mass is 403 g/mol. The molecule has 0 N–H and O–H groups in total. The molecule has 0 radical (unpaired) electrons. The lowest BCUT2D eigenvalue weighted by Crippen LogP contribution is -2.35. The van der Waals surface area contributed by atoms with Crippen molar-refractivity contribution in [1.29, 1.82) is 0 Å². The van der Waals surface area contributed by atoms with E-state index in [9.17, 15) is 18.0 Å². The van der Waals surface area contributed by atoms with E-state index in [-0.39, 0.29) is 23.5 Å². The average molecular weight is 403 g/mol. The van der Waals surface area contributed by atoms with Gasteiger partial charge >= 0.3 is 0 Å². The maximum Gasteiger partial charge on any atom is 0.254 e. The highest BCUT2D eigenvalue weighted by Gasteiger charge is 2.22. The van der Waals surface area contributed by atoms with Crippen molar-refractivity contribution in [3.8, 4) is 0 Å². The van der Waals surface area contributed by atoms with Crippen LogP contribution in [0.2, 0.25) is 0 Å². The second kappa shape index (κ2) is 8.68. The number of carbonyl (C=O) groups excluding carboxylic acids is 1. The molecule has 0 saturated carbocycles. The Morgan fingerprint density at radius 2 is 1.86 bits per heavy atom. The van der Waals surface area contributed by atoms with Gasteiger partial charge in [-0.2, -0.15) is 0 Å². The van der Waals surface area contributed by atoms with Crippen molar-refractivity contribution < 1.29 is 18.0 Å². The molecule has 7 heteroatoms. The van der Waals surface area contributed by atoms with E-state index in [1.54, 1.807) is 17.0 Å². The molecule has 1 aromatic heterocycles. The first-order valence-electron chi connectivity index (χ1n) is 9.69. The number of aromatic nitrogens is 2. The van der Waals surface area contributed by atoms with Crippen LogP contribution >= 0.6 is 0 Å². The molecular weight excluding hydrogens is 379 g/mol. The summed E-state index contributed by atoms with van der Waals surface area (Å²) in [6.07, 6.45) is 0.816. The zero-order valence-electron chi connectivity index (χ0n) is 16.8. The topological polar surface area (TPSA) is 38.1 Å². The summed E-state index contributed by atoms with van der Waals surface area (Å²) < 4.78 is 43.0. The first kappa shape index (κ1) is 20.9. The smallest absolute Gasteiger partial charge is 0.254 e. The highest BCUT2D eigenvalue weighted by molar-refractivity contribution is 5.94. The summed E-state index contributed by atoms with van der Waals surface area (Å²) in [5, 5.41) is 0. The maximum absolute atomic E-state index is 14.2. The molecule has 0 saturated heterocycles. The third-order valence-corrected chi connectivity index (χ3v) is 4.63. The largest absolute Gasteiger partial charge is 0.331 e. The van der Waals surface area contributed by atoms with Crippen molar-refractivity contribution in [3.63, 3.8) is 0 Å². The van der Waals surface area contributed by atoms with E-state index >= 15 is 0 Å². The summed E-state index contributed by atoms with van der Waals surface area (Å²) in [5.41, 5.74) is 1.00. The van der Waals surface area contributed by atoms with Crippen LogP contribution in [0.4, 0.5) is 13.2 Å². The summed E-state index contributed by atoms with van der Waals surface area (Å²) in [5.74, 6) is -2.21. The molecule has 3 rings (SSSR count). The van der Waals surface area contributed by atoms with Gasteiger partial charge in [0.1, 0.15) is 11.3 Å². The molecule has 0 unspecified atom stereocenters. The molecule has 1 heterocycles. The van der Waals surface area contributed by atoms with Crippen LogP contribution in [0.3, 0.4) is 0 Å². The zero-order chi connectivity index (χ0) is 21.1. The van der Waals surface area contributed by atoms with Gasteiger partial charge in [-0.1, -0.05) is 26.8 Å². The van der Waals surface area contributed by atoms with Crippen LogP contribution in [-0.2, 0) is 13.1 Å². The second-order valence-corrected chi connectivity index (χ2v) is 7.50. The maximum atomic E-state index is 14.2. The quantitative estimate of drug-likeness (QED) is 0.546. The van der Waals surface area contributed by atoms with Gasteiger partial charge in [0.2, 0.25) is 0 Å². The van der Waals surface area contributed by atoms with Gasteiger partial charge in [-0.05, 0) is 42.7 Å². The predicted molar refractivity (Wildman–Crippen MR) is 106 cm³/mol. The number of hydrogen-bond donors (Lipinski definition) is 0. The number of benzene rings is 2. The van der Waals surface area contributed by atoms with Crippen molar-refractivity contribution >= 4 is 16.9 Å². The summed E-state index contributed by atoms with van der Waals surface area (Å²) >= 11 is 0. The summed E-state index contributed by atoms with van der Waals surface area (Å²) in [6.45, 7) is 7.09. The summed E-state index contributed by atoms with van der Waals surface area (Å²) in [7, 11) is 0. The normalized spacial score (nSPS) is 11.4. The Balaban J connectivity index is 2.00. The number of carbonyl (C=O) groups is 1. The van der Waals surface area contributed by atoms with Gasteiger partial charge in [0.05, 0.1) is 12.1 Å². The first-order chi connectivity index (χ1) is 13.8. The Kier molecular flexibility index (Phi) is 6.25. The van der Waals surface area contributed by atoms with E-state index in [2.05, 4.69) is 4.98 Å².